The van der Waals surface area contributed by atoms with Gasteiger partial charge in [0.2, 0.25) is 5.91 Å². The first-order valence-electron chi connectivity index (χ1n) is 5.70. The van der Waals surface area contributed by atoms with Crippen LogP contribution in [-0.4, -0.2) is 11.7 Å². The summed E-state index contributed by atoms with van der Waals surface area (Å²) in [6, 6.07) is 18.5. The van der Waals surface area contributed by atoms with E-state index in [4.69, 9.17) is 5.41 Å². The lowest BCUT2D eigenvalue weighted by atomic mass is 10.1. The number of benzene rings is 2. The monoisotopic (exact) mass is 238 g/mol. The number of hydrogen-bond donors (Lipinski definition) is 1. The maximum absolute atomic E-state index is 11.7. The second-order valence-electron chi connectivity index (χ2n) is 3.90. The van der Waals surface area contributed by atoms with Gasteiger partial charge in [0.05, 0.1) is 5.69 Å². The minimum Gasteiger partial charge on any atom is -0.283 e. The molecule has 90 valence electrons. The van der Waals surface area contributed by atoms with E-state index in [0.717, 1.165) is 5.56 Å². The maximum Gasteiger partial charge on any atom is 0.229 e. The summed E-state index contributed by atoms with van der Waals surface area (Å²) in [5.74, 6) is 0.0179. The Morgan fingerprint density at radius 1 is 0.944 bits per heavy atom. The van der Waals surface area contributed by atoms with Crippen LogP contribution in [0.5, 0.6) is 0 Å². The van der Waals surface area contributed by atoms with Gasteiger partial charge < -0.3 is 0 Å². The van der Waals surface area contributed by atoms with Crippen LogP contribution in [0.4, 0.5) is 5.69 Å². The third-order valence-electron chi connectivity index (χ3n) is 2.60. The average Bonchev–Trinajstić information content (AvgIpc) is 2.40. The van der Waals surface area contributed by atoms with E-state index in [1.54, 1.807) is 0 Å². The molecule has 0 aromatic heterocycles. The van der Waals surface area contributed by atoms with E-state index in [-0.39, 0.29) is 11.7 Å². The molecule has 3 nitrogen and oxygen atoms in total. The summed E-state index contributed by atoms with van der Waals surface area (Å²) in [6.07, 6.45) is 0. The van der Waals surface area contributed by atoms with Gasteiger partial charge in [-0.3, -0.25) is 15.1 Å². The van der Waals surface area contributed by atoms with Gasteiger partial charge in [0.15, 0.2) is 0 Å². The Labute approximate surface area is 106 Å². The molecule has 3 heteroatoms. The van der Waals surface area contributed by atoms with Crippen LogP contribution in [0.25, 0.3) is 0 Å². The SMILES string of the molecule is CC(=O)N(C(=N)c1ccccc1)c1ccccc1. The molecule has 0 bridgehead atoms. The van der Waals surface area contributed by atoms with Gasteiger partial charge >= 0.3 is 0 Å². The summed E-state index contributed by atoms with van der Waals surface area (Å²) in [6.45, 7) is 1.46. The summed E-state index contributed by atoms with van der Waals surface area (Å²) < 4.78 is 0. The summed E-state index contributed by atoms with van der Waals surface area (Å²) in [4.78, 5) is 13.1. The summed E-state index contributed by atoms with van der Waals surface area (Å²) in [7, 11) is 0. The van der Waals surface area contributed by atoms with Crippen molar-refractivity contribution in [1.82, 2.24) is 0 Å². The minimum atomic E-state index is -0.171. The van der Waals surface area contributed by atoms with Crippen LogP contribution in [0.3, 0.4) is 0 Å². The predicted molar refractivity (Wildman–Crippen MR) is 72.9 cm³/mol. The fourth-order valence-electron chi connectivity index (χ4n) is 1.77. The topological polar surface area (TPSA) is 44.2 Å². The van der Waals surface area contributed by atoms with Crippen LogP contribution in [0.2, 0.25) is 0 Å². The van der Waals surface area contributed by atoms with Crippen molar-refractivity contribution in [3.05, 3.63) is 66.2 Å². The molecule has 0 unspecified atom stereocenters. The molecule has 18 heavy (non-hydrogen) atoms. The largest absolute Gasteiger partial charge is 0.283 e. The second kappa shape index (κ2) is 5.27. The molecule has 2 aromatic carbocycles. The highest BCUT2D eigenvalue weighted by molar-refractivity contribution is 6.21. The van der Waals surface area contributed by atoms with Crippen LogP contribution >= 0.6 is 0 Å². The van der Waals surface area contributed by atoms with Gasteiger partial charge in [-0.1, -0.05) is 48.5 Å². The molecule has 1 N–H and O–H groups in total. The van der Waals surface area contributed by atoms with Gasteiger partial charge in [-0.15, -0.1) is 0 Å². The summed E-state index contributed by atoms with van der Waals surface area (Å²) in [5, 5.41) is 8.16. The lowest BCUT2D eigenvalue weighted by Crippen LogP contribution is -2.35. The van der Waals surface area contributed by atoms with E-state index in [1.165, 1.54) is 11.8 Å². The van der Waals surface area contributed by atoms with Gasteiger partial charge in [0.25, 0.3) is 0 Å². The van der Waals surface area contributed by atoms with Crippen LogP contribution < -0.4 is 4.90 Å². The fraction of sp³-hybridized carbons (Fsp3) is 0.0667. The second-order valence-corrected chi connectivity index (χ2v) is 3.90. The first-order valence-corrected chi connectivity index (χ1v) is 5.70. The number of hydrogen-bond acceptors (Lipinski definition) is 2. The first kappa shape index (κ1) is 12.0. The highest BCUT2D eigenvalue weighted by Gasteiger charge is 2.17. The number of para-hydroxylation sites is 1. The molecule has 0 radical (unpaired) electrons. The Morgan fingerprint density at radius 2 is 1.44 bits per heavy atom. The molecule has 0 aliphatic rings. The quantitative estimate of drug-likeness (QED) is 0.634. The summed E-state index contributed by atoms with van der Waals surface area (Å²) in [5.41, 5.74) is 1.43. The highest BCUT2D eigenvalue weighted by atomic mass is 16.2. The molecule has 0 spiro atoms. The van der Waals surface area contributed by atoms with Crippen molar-refractivity contribution in [2.24, 2.45) is 0 Å². The van der Waals surface area contributed by atoms with Gasteiger partial charge in [0, 0.05) is 12.5 Å². The van der Waals surface area contributed by atoms with Gasteiger partial charge in [-0.2, -0.15) is 0 Å². The van der Waals surface area contributed by atoms with E-state index in [1.807, 2.05) is 60.7 Å². The number of anilines is 1. The molecule has 2 rings (SSSR count). The van der Waals surface area contributed by atoms with Crippen molar-refractivity contribution in [3.63, 3.8) is 0 Å². The highest BCUT2D eigenvalue weighted by Crippen LogP contribution is 2.16. The molecule has 0 saturated carbocycles. The number of carbonyl (C=O) groups is 1. The van der Waals surface area contributed by atoms with Crippen LogP contribution in [-0.2, 0) is 4.79 Å². The Balaban J connectivity index is 2.39. The Bertz CT molecular complexity index is 549. The Hall–Kier alpha value is -2.42. The van der Waals surface area contributed by atoms with E-state index < -0.39 is 0 Å². The maximum atomic E-state index is 11.7. The molecule has 0 aliphatic heterocycles. The van der Waals surface area contributed by atoms with Crippen LogP contribution in [0.15, 0.2) is 60.7 Å². The molecule has 0 fully saturated rings. The first-order chi connectivity index (χ1) is 8.70. The molecule has 0 heterocycles. The number of amidine groups is 1. The van der Waals surface area contributed by atoms with Crippen LogP contribution in [0, 0.1) is 5.41 Å². The van der Waals surface area contributed by atoms with Crippen molar-refractivity contribution in [3.8, 4) is 0 Å². The number of rotatable bonds is 2. The number of nitrogens with zero attached hydrogens (tertiary/aromatic N) is 1. The van der Waals surface area contributed by atoms with Crippen LogP contribution in [0.1, 0.15) is 12.5 Å². The molecule has 0 aliphatic carbocycles. The zero-order valence-electron chi connectivity index (χ0n) is 10.1. The van der Waals surface area contributed by atoms with Crippen molar-refractivity contribution < 1.29 is 4.79 Å². The van der Waals surface area contributed by atoms with E-state index in [2.05, 4.69) is 0 Å². The van der Waals surface area contributed by atoms with Crippen molar-refractivity contribution in [1.29, 1.82) is 5.41 Å². The Morgan fingerprint density at radius 3 is 1.94 bits per heavy atom. The van der Waals surface area contributed by atoms with Crippen molar-refractivity contribution in [2.45, 2.75) is 6.92 Å². The average molecular weight is 238 g/mol. The Kier molecular flexibility index (Phi) is 3.53. The van der Waals surface area contributed by atoms with Crippen molar-refractivity contribution in [2.75, 3.05) is 4.90 Å². The zero-order valence-corrected chi connectivity index (χ0v) is 10.1. The smallest absolute Gasteiger partial charge is 0.229 e. The third kappa shape index (κ3) is 2.46. The van der Waals surface area contributed by atoms with Gasteiger partial charge in [-0.25, -0.2) is 0 Å². The molecular formula is C15H14N2O. The standard InChI is InChI=1S/C15H14N2O/c1-12(18)17(14-10-6-3-7-11-14)15(16)13-8-4-2-5-9-13/h2-11,16H,1H3. The number of nitrogens with one attached hydrogen (secondary N) is 1. The van der Waals surface area contributed by atoms with E-state index in [9.17, 15) is 4.79 Å². The third-order valence-corrected chi connectivity index (χ3v) is 2.60. The molecular weight excluding hydrogens is 224 g/mol. The lowest BCUT2D eigenvalue weighted by Gasteiger charge is -2.21. The lowest BCUT2D eigenvalue weighted by molar-refractivity contribution is -0.115. The normalized spacial score (nSPS) is 9.83. The van der Waals surface area contributed by atoms with E-state index in [0.29, 0.717) is 5.69 Å². The van der Waals surface area contributed by atoms with Crippen molar-refractivity contribution >= 4 is 17.4 Å². The molecule has 1 amide bonds. The number of amides is 1. The molecule has 0 atom stereocenters. The van der Waals surface area contributed by atoms with Gasteiger partial charge in [0.1, 0.15) is 5.84 Å². The molecule has 0 saturated heterocycles. The predicted octanol–water partition coefficient (Wildman–Crippen LogP) is 3.07. The fourth-order valence-corrected chi connectivity index (χ4v) is 1.77. The van der Waals surface area contributed by atoms with Gasteiger partial charge in [-0.05, 0) is 12.1 Å². The molecule has 2 aromatic rings. The number of carbonyl (C=O) groups excluding carboxylic acids is 1. The minimum absolute atomic E-state index is 0.171. The zero-order chi connectivity index (χ0) is 13.0. The van der Waals surface area contributed by atoms with E-state index >= 15 is 0 Å². The summed E-state index contributed by atoms with van der Waals surface area (Å²) >= 11 is 0.